The minimum atomic E-state index is 0.0702. The van der Waals surface area contributed by atoms with Gasteiger partial charge >= 0.3 is 0 Å². The Balaban J connectivity index is 1.43. The predicted octanol–water partition coefficient (Wildman–Crippen LogP) is 3.65. The van der Waals surface area contributed by atoms with Gasteiger partial charge in [0.2, 0.25) is 5.91 Å². The molecule has 1 N–H and O–H groups in total. The zero-order chi connectivity index (χ0) is 19.1. The molecule has 0 bridgehead atoms. The van der Waals surface area contributed by atoms with Crippen molar-refractivity contribution in [1.82, 2.24) is 10.2 Å². The Labute approximate surface area is 162 Å². The van der Waals surface area contributed by atoms with Crippen molar-refractivity contribution in [1.29, 1.82) is 0 Å². The number of amides is 1. The first kappa shape index (κ1) is 19.4. The molecule has 144 valence electrons. The van der Waals surface area contributed by atoms with E-state index in [2.05, 4.69) is 65.7 Å². The van der Waals surface area contributed by atoms with Crippen molar-refractivity contribution in [3.05, 3.63) is 65.7 Å². The molecule has 27 heavy (non-hydrogen) atoms. The number of carbonyl (C=O) groups is 1. The molecule has 4 heteroatoms. The number of rotatable bonds is 7. The smallest absolute Gasteiger partial charge is 0.217 e. The quantitative estimate of drug-likeness (QED) is 0.813. The second-order valence-corrected chi connectivity index (χ2v) is 7.51. The molecular formula is C23H30N2O2. The third-order valence-corrected chi connectivity index (χ3v) is 5.02. The van der Waals surface area contributed by atoms with Gasteiger partial charge in [-0.2, -0.15) is 0 Å². The fourth-order valence-electron chi connectivity index (χ4n) is 3.70. The van der Waals surface area contributed by atoms with Crippen LogP contribution in [0.2, 0.25) is 0 Å². The number of likely N-dealkylation sites (tertiary alicyclic amines) is 1. The Morgan fingerprint density at radius 3 is 2.33 bits per heavy atom. The van der Waals surface area contributed by atoms with E-state index in [-0.39, 0.29) is 12.0 Å². The van der Waals surface area contributed by atoms with Crippen LogP contribution in [0.3, 0.4) is 0 Å². The average Bonchev–Trinajstić information content (AvgIpc) is 2.65. The summed E-state index contributed by atoms with van der Waals surface area (Å²) in [7, 11) is 0. The van der Waals surface area contributed by atoms with E-state index in [1.54, 1.807) is 6.92 Å². The normalized spacial score (nSPS) is 16.7. The van der Waals surface area contributed by atoms with E-state index in [1.807, 2.05) is 6.07 Å². The number of piperidine rings is 1. The maximum absolute atomic E-state index is 11.2. The molecule has 0 aliphatic carbocycles. The first-order valence-electron chi connectivity index (χ1n) is 9.87. The third-order valence-electron chi connectivity index (χ3n) is 5.02. The summed E-state index contributed by atoms with van der Waals surface area (Å²) in [5.74, 6) is 0.994. The number of nitrogens with zero attached hydrogens (tertiary/aromatic N) is 1. The van der Waals surface area contributed by atoms with Gasteiger partial charge in [0, 0.05) is 32.6 Å². The van der Waals surface area contributed by atoms with Gasteiger partial charge in [0.05, 0.1) is 0 Å². The summed E-state index contributed by atoms with van der Waals surface area (Å²) in [6, 6.07) is 19.3. The van der Waals surface area contributed by atoms with Gasteiger partial charge in [-0.25, -0.2) is 0 Å². The highest BCUT2D eigenvalue weighted by molar-refractivity contribution is 5.73. The lowest BCUT2D eigenvalue weighted by Gasteiger charge is -2.33. The van der Waals surface area contributed by atoms with Crippen LogP contribution in [0, 0.1) is 0 Å². The second kappa shape index (κ2) is 9.56. The topological polar surface area (TPSA) is 41.6 Å². The molecule has 1 atom stereocenters. The molecule has 1 aliphatic rings. The minimum Gasteiger partial charge on any atom is -0.489 e. The van der Waals surface area contributed by atoms with Crippen molar-refractivity contribution in [2.45, 2.75) is 45.3 Å². The maximum Gasteiger partial charge on any atom is 0.217 e. The Morgan fingerprint density at radius 2 is 1.70 bits per heavy atom. The third kappa shape index (κ3) is 6.40. The van der Waals surface area contributed by atoms with Crippen LogP contribution < -0.4 is 10.1 Å². The van der Waals surface area contributed by atoms with Crippen LogP contribution in [0.5, 0.6) is 5.75 Å². The Hall–Kier alpha value is -2.33. The molecule has 1 fully saturated rings. The highest BCUT2D eigenvalue weighted by Crippen LogP contribution is 2.18. The molecule has 2 aromatic rings. The van der Waals surface area contributed by atoms with Gasteiger partial charge in [-0.15, -0.1) is 0 Å². The number of carbonyl (C=O) groups excluding carboxylic acids is 1. The highest BCUT2D eigenvalue weighted by atomic mass is 16.5. The summed E-state index contributed by atoms with van der Waals surface area (Å²) in [4.78, 5) is 13.6. The van der Waals surface area contributed by atoms with Gasteiger partial charge in [0.15, 0.2) is 0 Å². The number of benzene rings is 2. The average molecular weight is 367 g/mol. The van der Waals surface area contributed by atoms with Gasteiger partial charge in [-0.3, -0.25) is 9.69 Å². The first-order chi connectivity index (χ1) is 13.1. The van der Waals surface area contributed by atoms with Crippen molar-refractivity contribution in [2.24, 2.45) is 0 Å². The molecule has 0 saturated carbocycles. The SMILES string of the molecule is CC(=O)NC1CCN(CC(C)Oc2ccc(Cc3ccccc3)cc2)CC1. The summed E-state index contributed by atoms with van der Waals surface area (Å²) in [5.41, 5.74) is 2.61. The fourth-order valence-corrected chi connectivity index (χ4v) is 3.70. The Morgan fingerprint density at radius 1 is 1.07 bits per heavy atom. The molecule has 4 nitrogen and oxygen atoms in total. The van der Waals surface area contributed by atoms with E-state index in [0.29, 0.717) is 6.04 Å². The zero-order valence-electron chi connectivity index (χ0n) is 16.4. The van der Waals surface area contributed by atoms with Crippen molar-refractivity contribution in [2.75, 3.05) is 19.6 Å². The van der Waals surface area contributed by atoms with Crippen molar-refractivity contribution in [3.63, 3.8) is 0 Å². The number of hydrogen-bond donors (Lipinski definition) is 1. The minimum absolute atomic E-state index is 0.0702. The first-order valence-corrected chi connectivity index (χ1v) is 9.87. The highest BCUT2D eigenvalue weighted by Gasteiger charge is 2.21. The Kier molecular flexibility index (Phi) is 6.88. The van der Waals surface area contributed by atoms with E-state index in [0.717, 1.165) is 44.6 Å². The number of ether oxygens (including phenoxy) is 1. The largest absolute Gasteiger partial charge is 0.489 e. The van der Waals surface area contributed by atoms with Gasteiger partial charge < -0.3 is 10.1 Å². The van der Waals surface area contributed by atoms with Gasteiger partial charge in [-0.1, -0.05) is 42.5 Å². The Bertz CT molecular complexity index is 707. The second-order valence-electron chi connectivity index (χ2n) is 7.51. The van der Waals surface area contributed by atoms with Crippen molar-refractivity contribution >= 4 is 5.91 Å². The van der Waals surface area contributed by atoms with Gasteiger partial charge in [0.25, 0.3) is 0 Å². The molecule has 1 amide bonds. The molecule has 1 aliphatic heterocycles. The molecule has 3 rings (SSSR count). The van der Waals surface area contributed by atoms with Crippen LogP contribution in [0.4, 0.5) is 0 Å². The summed E-state index contributed by atoms with van der Waals surface area (Å²) < 4.78 is 6.10. The van der Waals surface area contributed by atoms with Gasteiger partial charge in [0.1, 0.15) is 11.9 Å². The standard InChI is InChI=1S/C23H30N2O2/c1-18(17-25-14-12-22(13-15-25)24-19(2)26)27-23-10-8-21(9-11-23)16-20-6-4-3-5-7-20/h3-11,18,22H,12-17H2,1-2H3,(H,24,26). The van der Waals surface area contributed by atoms with Gasteiger partial charge in [-0.05, 0) is 49.4 Å². The maximum atomic E-state index is 11.2. The molecular weight excluding hydrogens is 336 g/mol. The molecule has 0 radical (unpaired) electrons. The van der Waals surface area contributed by atoms with E-state index >= 15 is 0 Å². The van der Waals surface area contributed by atoms with E-state index in [1.165, 1.54) is 11.1 Å². The monoisotopic (exact) mass is 366 g/mol. The van der Waals surface area contributed by atoms with Crippen molar-refractivity contribution in [3.8, 4) is 5.75 Å². The number of hydrogen-bond acceptors (Lipinski definition) is 3. The fraction of sp³-hybridized carbons (Fsp3) is 0.435. The molecule has 1 heterocycles. The summed E-state index contributed by atoms with van der Waals surface area (Å²) >= 11 is 0. The summed E-state index contributed by atoms with van der Waals surface area (Å²) in [6.07, 6.45) is 3.11. The van der Waals surface area contributed by atoms with Crippen LogP contribution >= 0.6 is 0 Å². The summed E-state index contributed by atoms with van der Waals surface area (Å²) in [5, 5.41) is 3.02. The number of nitrogens with one attached hydrogen (secondary N) is 1. The lowest BCUT2D eigenvalue weighted by atomic mass is 10.0. The van der Waals surface area contributed by atoms with Crippen molar-refractivity contribution < 1.29 is 9.53 Å². The van der Waals surface area contributed by atoms with E-state index in [4.69, 9.17) is 4.74 Å². The van der Waals surface area contributed by atoms with Crippen LogP contribution in [-0.4, -0.2) is 42.6 Å². The van der Waals surface area contributed by atoms with Crippen LogP contribution in [-0.2, 0) is 11.2 Å². The van der Waals surface area contributed by atoms with E-state index < -0.39 is 0 Å². The van der Waals surface area contributed by atoms with Crippen LogP contribution in [0.25, 0.3) is 0 Å². The van der Waals surface area contributed by atoms with E-state index in [9.17, 15) is 4.79 Å². The van der Waals surface area contributed by atoms with Crippen LogP contribution in [0.1, 0.15) is 37.8 Å². The zero-order valence-corrected chi connectivity index (χ0v) is 16.4. The summed E-state index contributed by atoms with van der Waals surface area (Å²) in [6.45, 7) is 6.65. The predicted molar refractivity (Wildman–Crippen MR) is 109 cm³/mol. The molecule has 1 unspecified atom stereocenters. The molecule has 0 spiro atoms. The van der Waals surface area contributed by atoms with Crippen LogP contribution in [0.15, 0.2) is 54.6 Å². The lowest BCUT2D eigenvalue weighted by Crippen LogP contribution is -2.46. The molecule has 0 aromatic heterocycles. The molecule has 1 saturated heterocycles. The lowest BCUT2D eigenvalue weighted by molar-refractivity contribution is -0.120. The molecule has 2 aromatic carbocycles.